The third-order valence-electron chi connectivity index (χ3n) is 4.60. The number of hydrogen-bond acceptors (Lipinski definition) is 9. The first-order valence-corrected chi connectivity index (χ1v) is 11.7. The summed E-state index contributed by atoms with van der Waals surface area (Å²) in [5.41, 5.74) is 1.23. The van der Waals surface area contributed by atoms with Gasteiger partial charge in [0.25, 0.3) is 0 Å². The van der Waals surface area contributed by atoms with E-state index >= 15 is 0 Å². The molecule has 3 heterocycles. The smallest absolute Gasteiger partial charge is 0.314 e. The van der Waals surface area contributed by atoms with E-state index in [0.29, 0.717) is 41.3 Å². The van der Waals surface area contributed by atoms with Crippen LogP contribution in [0.3, 0.4) is 0 Å². The number of hydrogen-bond donors (Lipinski definition) is 3. The number of allylic oxidation sites excluding steroid dienone is 2. The lowest BCUT2D eigenvalue weighted by molar-refractivity contribution is -0.145. The van der Waals surface area contributed by atoms with E-state index in [0.717, 1.165) is 5.57 Å². The van der Waals surface area contributed by atoms with Crippen LogP contribution in [0, 0.1) is 0 Å². The van der Waals surface area contributed by atoms with Gasteiger partial charge in [-0.15, -0.1) is 0 Å². The van der Waals surface area contributed by atoms with Gasteiger partial charge in [0.2, 0.25) is 5.28 Å². The summed E-state index contributed by atoms with van der Waals surface area (Å²) in [6.45, 7) is 7.76. The van der Waals surface area contributed by atoms with Crippen LogP contribution in [0.5, 0.6) is 0 Å². The van der Waals surface area contributed by atoms with Crippen molar-refractivity contribution in [3.63, 3.8) is 0 Å². The Labute approximate surface area is 195 Å². The molecule has 2 aromatic rings. The number of nitrogens with zero attached hydrogens (tertiary/aromatic N) is 4. The molecule has 2 unspecified atom stereocenters. The average Bonchev–Trinajstić information content (AvgIpc) is 3.35. The number of carbonyl (C=O) groups is 1. The molecular weight excluding hydrogens is 480 g/mol. The molecule has 0 amide bonds. The van der Waals surface area contributed by atoms with E-state index in [9.17, 15) is 4.79 Å². The second-order valence-corrected chi connectivity index (χ2v) is 8.71. The van der Waals surface area contributed by atoms with Crippen LogP contribution in [0.25, 0.3) is 11.0 Å². The normalized spacial score (nSPS) is 18.8. The average molecular weight is 502 g/mol. The number of carbonyl (C=O) groups excluding carboxylic acids is 1. The van der Waals surface area contributed by atoms with E-state index in [-0.39, 0.29) is 18.0 Å². The van der Waals surface area contributed by atoms with E-state index in [1.807, 2.05) is 0 Å². The molecule has 3 N–H and O–H groups in total. The Bertz CT molecular complexity index is 1040. The molecule has 0 bridgehead atoms. The summed E-state index contributed by atoms with van der Waals surface area (Å²) in [5, 5.41) is 8.62. The van der Waals surface area contributed by atoms with Crippen LogP contribution in [-0.4, -0.2) is 60.9 Å². The van der Waals surface area contributed by atoms with Gasteiger partial charge in [0, 0.05) is 11.6 Å². The van der Waals surface area contributed by atoms with Gasteiger partial charge in [-0.2, -0.15) is 15.1 Å². The summed E-state index contributed by atoms with van der Waals surface area (Å²) in [6.07, 6.45) is 5.02. The molecule has 10 nitrogen and oxygen atoms in total. The SMILES string of the molecule is C=C/C=C(/CNc1nc(Cl)nc2c1cnn2C1CCC(COC(=O)CP(O)O)O1)C(=C)Cl. The van der Waals surface area contributed by atoms with Crippen LogP contribution in [0.1, 0.15) is 19.1 Å². The number of anilines is 1. The third-order valence-corrected chi connectivity index (χ3v) is 5.55. The number of esters is 1. The van der Waals surface area contributed by atoms with E-state index in [1.54, 1.807) is 23.0 Å². The molecule has 2 atom stereocenters. The van der Waals surface area contributed by atoms with Gasteiger partial charge >= 0.3 is 5.97 Å². The van der Waals surface area contributed by atoms with Gasteiger partial charge in [0.05, 0.1) is 17.7 Å². The zero-order valence-corrected chi connectivity index (χ0v) is 19.4. The lowest BCUT2D eigenvalue weighted by Gasteiger charge is -2.15. The maximum atomic E-state index is 11.5. The van der Waals surface area contributed by atoms with Gasteiger partial charge < -0.3 is 24.6 Å². The van der Waals surface area contributed by atoms with Crippen molar-refractivity contribution in [2.75, 3.05) is 24.6 Å². The second kappa shape index (κ2) is 11.2. The standard InChI is InChI=1S/C19H22Cl2N5O5P/c1-3-4-12(11(2)20)7-22-17-14-8-23-26(18(14)25-19(21)24-17)15-6-5-13(31-15)9-30-16(27)10-32(28)29/h3-4,8,13,15,28-29H,1-2,5-7,9-10H2,(H,22,24,25)/b12-4-. The fraction of sp³-hybridized carbons (Fsp3) is 0.368. The van der Waals surface area contributed by atoms with Crippen LogP contribution in [-0.2, 0) is 14.3 Å². The van der Waals surface area contributed by atoms with Crippen molar-refractivity contribution in [1.82, 2.24) is 19.7 Å². The fourth-order valence-electron chi connectivity index (χ4n) is 3.15. The maximum absolute atomic E-state index is 11.5. The minimum absolute atomic E-state index is 0.0149. The topological polar surface area (TPSA) is 132 Å². The predicted octanol–water partition coefficient (Wildman–Crippen LogP) is 3.27. The molecule has 172 valence electrons. The first-order chi connectivity index (χ1) is 15.3. The molecule has 32 heavy (non-hydrogen) atoms. The molecule has 0 spiro atoms. The van der Waals surface area contributed by atoms with Crippen molar-refractivity contribution in [2.24, 2.45) is 0 Å². The summed E-state index contributed by atoms with van der Waals surface area (Å²) >= 11 is 12.2. The molecule has 3 rings (SSSR count). The highest BCUT2D eigenvalue weighted by Crippen LogP contribution is 2.32. The first-order valence-electron chi connectivity index (χ1n) is 9.55. The molecular formula is C19H22Cl2N5O5P. The first kappa shape index (κ1) is 24.6. The van der Waals surface area contributed by atoms with Crippen LogP contribution >= 0.6 is 31.6 Å². The van der Waals surface area contributed by atoms with E-state index in [2.05, 4.69) is 33.5 Å². The number of rotatable bonds is 10. The van der Waals surface area contributed by atoms with Crippen LogP contribution < -0.4 is 5.32 Å². The van der Waals surface area contributed by atoms with Gasteiger partial charge in [-0.25, -0.2) is 4.68 Å². The van der Waals surface area contributed by atoms with Crippen molar-refractivity contribution in [2.45, 2.75) is 25.2 Å². The monoisotopic (exact) mass is 501 g/mol. The molecule has 0 aliphatic carbocycles. The van der Waals surface area contributed by atoms with Crippen LogP contribution in [0.15, 0.2) is 42.1 Å². The Morgan fingerprint density at radius 1 is 1.44 bits per heavy atom. The Morgan fingerprint density at radius 2 is 2.22 bits per heavy atom. The highest BCUT2D eigenvalue weighted by atomic mass is 35.5. The zero-order valence-electron chi connectivity index (χ0n) is 16.9. The van der Waals surface area contributed by atoms with Gasteiger partial charge in [0.1, 0.15) is 18.6 Å². The molecule has 1 aliphatic heterocycles. The summed E-state index contributed by atoms with van der Waals surface area (Å²) in [6, 6.07) is 0. The van der Waals surface area contributed by atoms with Crippen molar-refractivity contribution in [3.8, 4) is 0 Å². The van der Waals surface area contributed by atoms with Gasteiger partial charge in [0.15, 0.2) is 20.3 Å². The Morgan fingerprint density at radius 3 is 2.91 bits per heavy atom. The second-order valence-electron chi connectivity index (χ2n) is 6.86. The van der Waals surface area contributed by atoms with Gasteiger partial charge in [-0.1, -0.05) is 36.9 Å². The van der Waals surface area contributed by atoms with Gasteiger partial charge in [-0.05, 0) is 30.0 Å². The van der Waals surface area contributed by atoms with Crippen molar-refractivity contribution < 1.29 is 24.1 Å². The highest BCUT2D eigenvalue weighted by Gasteiger charge is 2.30. The van der Waals surface area contributed by atoms with Gasteiger partial charge in [-0.3, -0.25) is 4.79 Å². The van der Waals surface area contributed by atoms with Crippen molar-refractivity contribution in [1.29, 1.82) is 0 Å². The third kappa shape index (κ3) is 6.25. The van der Waals surface area contributed by atoms with Crippen LogP contribution in [0.4, 0.5) is 5.82 Å². The van der Waals surface area contributed by atoms with E-state index < -0.39 is 26.7 Å². The summed E-state index contributed by atoms with van der Waals surface area (Å²) in [4.78, 5) is 37.8. The molecule has 0 radical (unpaired) electrons. The number of nitrogens with one attached hydrogen (secondary N) is 1. The lowest BCUT2D eigenvalue weighted by Crippen LogP contribution is -2.21. The minimum atomic E-state index is -2.32. The van der Waals surface area contributed by atoms with Crippen molar-refractivity contribution >= 4 is 54.4 Å². The highest BCUT2D eigenvalue weighted by molar-refractivity contribution is 7.46. The number of halogens is 2. The Balaban J connectivity index is 1.71. The largest absolute Gasteiger partial charge is 0.463 e. The Hall–Kier alpha value is -2.07. The summed E-state index contributed by atoms with van der Waals surface area (Å²) in [7, 11) is -2.32. The van der Waals surface area contributed by atoms with Crippen LogP contribution in [0.2, 0.25) is 5.28 Å². The van der Waals surface area contributed by atoms with Crippen molar-refractivity contribution in [3.05, 3.63) is 47.4 Å². The molecule has 1 saturated heterocycles. The summed E-state index contributed by atoms with van der Waals surface area (Å²) < 4.78 is 12.6. The van der Waals surface area contributed by atoms with E-state index in [1.165, 1.54) is 0 Å². The Kier molecular flexibility index (Phi) is 8.58. The fourth-order valence-corrected chi connectivity index (χ4v) is 3.76. The molecule has 1 aliphatic rings. The minimum Gasteiger partial charge on any atom is -0.463 e. The van der Waals surface area contributed by atoms with E-state index in [4.69, 9.17) is 42.5 Å². The summed E-state index contributed by atoms with van der Waals surface area (Å²) in [5.74, 6) is -0.204. The molecule has 13 heteroatoms. The maximum Gasteiger partial charge on any atom is 0.314 e. The number of ether oxygens (including phenoxy) is 2. The molecule has 0 aromatic carbocycles. The molecule has 1 fully saturated rings. The predicted molar refractivity (Wildman–Crippen MR) is 122 cm³/mol. The number of fused-ring (bicyclic) bond motifs is 1. The zero-order chi connectivity index (χ0) is 23.3. The molecule has 0 saturated carbocycles. The quantitative estimate of drug-likeness (QED) is 0.194. The molecule has 2 aromatic heterocycles. The lowest BCUT2D eigenvalue weighted by atomic mass is 10.2. The number of aromatic nitrogens is 4.